The fraction of sp³-hybridized carbons (Fsp3) is 0.467. The Bertz CT molecular complexity index is 627. The number of benzene rings is 1. The lowest BCUT2D eigenvalue weighted by molar-refractivity contribution is -0.124. The fourth-order valence-electron chi connectivity index (χ4n) is 2.53. The third kappa shape index (κ3) is 2.41. The molecule has 106 valence electrons. The summed E-state index contributed by atoms with van der Waals surface area (Å²) in [5.41, 5.74) is 2.74. The minimum Gasteiger partial charge on any atom is -0.368 e. The van der Waals surface area contributed by atoms with Crippen molar-refractivity contribution < 1.29 is 9.53 Å². The van der Waals surface area contributed by atoms with Crippen LogP contribution in [0.4, 0.5) is 5.69 Å². The molecule has 1 amide bonds. The molecule has 5 heteroatoms. The van der Waals surface area contributed by atoms with Gasteiger partial charge in [-0.3, -0.25) is 4.79 Å². The van der Waals surface area contributed by atoms with Crippen LogP contribution in [0.15, 0.2) is 24.5 Å². The largest absolute Gasteiger partial charge is 0.368 e. The molecule has 20 heavy (non-hydrogen) atoms. The van der Waals surface area contributed by atoms with Crippen LogP contribution in [0.1, 0.15) is 32.7 Å². The molecule has 1 aromatic carbocycles. The quantitative estimate of drug-likeness (QED) is 0.935. The van der Waals surface area contributed by atoms with Gasteiger partial charge in [0, 0.05) is 18.3 Å². The number of fused-ring (bicyclic) bond motifs is 1. The number of hydrogen-bond donors (Lipinski definition) is 1. The molecule has 5 nitrogen and oxygen atoms in total. The van der Waals surface area contributed by atoms with Gasteiger partial charge in [0.15, 0.2) is 0 Å². The second-order valence-corrected chi connectivity index (χ2v) is 5.44. The number of rotatable bonds is 3. The van der Waals surface area contributed by atoms with E-state index in [0.29, 0.717) is 12.6 Å². The van der Waals surface area contributed by atoms with E-state index in [1.807, 2.05) is 24.5 Å². The van der Waals surface area contributed by atoms with Gasteiger partial charge in [-0.15, -0.1) is 0 Å². The van der Waals surface area contributed by atoms with E-state index >= 15 is 0 Å². The summed E-state index contributed by atoms with van der Waals surface area (Å²) in [7, 11) is 0. The van der Waals surface area contributed by atoms with E-state index in [1.165, 1.54) is 0 Å². The van der Waals surface area contributed by atoms with Crippen LogP contribution >= 0.6 is 0 Å². The van der Waals surface area contributed by atoms with E-state index in [-0.39, 0.29) is 12.0 Å². The van der Waals surface area contributed by atoms with E-state index in [1.54, 1.807) is 0 Å². The number of nitrogens with one attached hydrogen (secondary N) is 1. The van der Waals surface area contributed by atoms with Crippen LogP contribution in [0.25, 0.3) is 11.0 Å². The third-order valence-electron chi connectivity index (χ3n) is 3.62. The van der Waals surface area contributed by atoms with Crippen LogP contribution in [0.3, 0.4) is 0 Å². The monoisotopic (exact) mass is 273 g/mol. The summed E-state index contributed by atoms with van der Waals surface area (Å²) < 4.78 is 7.49. The van der Waals surface area contributed by atoms with Crippen molar-refractivity contribution >= 4 is 22.6 Å². The van der Waals surface area contributed by atoms with Crippen LogP contribution in [0.5, 0.6) is 0 Å². The summed E-state index contributed by atoms with van der Waals surface area (Å²) in [5.74, 6) is -0.0647. The third-order valence-corrected chi connectivity index (χ3v) is 3.62. The van der Waals surface area contributed by atoms with Crippen molar-refractivity contribution in [3.8, 4) is 0 Å². The highest BCUT2D eigenvalue weighted by molar-refractivity contribution is 5.96. The summed E-state index contributed by atoms with van der Waals surface area (Å²) in [6.45, 7) is 4.92. The fourth-order valence-corrected chi connectivity index (χ4v) is 2.53. The minimum absolute atomic E-state index is 0.0647. The van der Waals surface area contributed by atoms with Crippen molar-refractivity contribution in [2.24, 2.45) is 0 Å². The molecule has 0 bridgehead atoms. The first-order valence-corrected chi connectivity index (χ1v) is 7.04. The number of carbonyl (C=O) groups is 1. The van der Waals surface area contributed by atoms with Crippen molar-refractivity contribution in [3.63, 3.8) is 0 Å². The van der Waals surface area contributed by atoms with Gasteiger partial charge in [0.05, 0.1) is 17.4 Å². The van der Waals surface area contributed by atoms with Crippen LogP contribution in [-0.2, 0) is 9.53 Å². The van der Waals surface area contributed by atoms with Crippen LogP contribution in [-0.4, -0.2) is 28.2 Å². The van der Waals surface area contributed by atoms with Gasteiger partial charge in [-0.25, -0.2) is 4.98 Å². The normalized spacial score (nSPS) is 18.9. The zero-order valence-electron chi connectivity index (χ0n) is 11.8. The summed E-state index contributed by atoms with van der Waals surface area (Å²) in [5, 5.41) is 2.90. The van der Waals surface area contributed by atoms with E-state index in [0.717, 1.165) is 29.6 Å². The zero-order chi connectivity index (χ0) is 14.1. The molecule has 0 spiro atoms. The Hall–Kier alpha value is -1.88. The Morgan fingerprint density at radius 3 is 3.05 bits per heavy atom. The molecule has 3 rings (SSSR count). The SMILES string of the molecule is CC(C)n1cnc2cc(NC(=O)C3CCCO3)ccc21. The number of hydrogen-bond acceptors (Lipinski definition) is 3. The van der Waals surface area contributed by atoms with E-state index in [9.17, 15) is 4.79 Å². The zero-order valence-corrected chi connectivity index (χ0v) is 11.8. The van der Waals surface area contributed by atoms with E-state index in [4.69, 9.17) is 4.74 Å². The molecule has 1 unspecified atom stereocenters. The molecule has 1 atom stereocenters. The number of carbonyl (C=O) groups excluding carboxylic acids is 1. The highest BCUT2D eigenvalue weighted by Crippen LogP contribution is 2.22. The van der Waals surface area contributed by atoms with Crippen molar-refractivity contribution in [1.29, 1.82) is 0 Å². The molecule has 2 heterocycles. The standard InChI is InChI=1S/C15H19N3O2/c1-10(2)18-9-16-12-8-11(5-6-13(12)18)17-15(19)14-4-3-7-20-14/h5-6,8-10,14H,3-4,7H2,1-2H3,(H,17,19). The van der Waals surface area contributed by atoms with Gasteiger partial charge >= 0.3 is 0 Å². The van der Waals surface area contributed by atoms with Gasteiger partial charge in [0.2, 0.25) is 0 Å². The van der Waals surface area contributed by atoms with Gasteiger partial charge in [0.25, 0.3) is 5.91 Å². The first-order valence-electron chi connectivity index (χ1n) is 7.04. The van der Waals surface area contributed by atoms with Crippen molar-refractivity contribution in [1.82, 2.24) is 9.55 Å². The summed E-state index contributed by atoms with van der Waals surface area (Å²) in [4.78, 5) is 16.4. The predicted molar refractivity (Wildman–Crippen MR) is 77.7 cm³/mol. The Morgan fingerprint density at radius 1 is 1.50 bits per heavy atom. The number of nitrogens with zero attached hydrogens (tertiary/aromatic N) is 2. The first kappa shape index (κ1) is 13.1. The molecule has 1 N–H and O–H groups in total. The van der Waals surface area contributed by atoms with E-state index < -0.39 is 0 Å². The van der Waals surface area contributed by atoms with Gasteiger partial charge < -0.3 is 14.6 Å². The summed E-state index contributed by atoms with van der Waals surface area (Å²) in [6.07, 6.45) is 3.28. The van der Waals surface area contributed by atoms with Crippen molar-refractivity contribution in [3.05, 3.63) is 24.5 Å². The van der Waals surface area contributed by atoms with Gasteiger partial charge in [-0.05, 0) is 44.9 Å². The molecular weight excluding hydrogens is 254 g/mol. The van der Waals surface area contributed by atoms with Gasteiger partial charge in [-0.1, -0.05) is 0 Å². The van der Waals surface area contributed by atoms with Crippen LogP contribution in [0.2, 0.25) is 0 Å². The Labute approximate surface area is 117 Å². The molecule has 1 aliphatic heterocycles. The Balaban J connectivity index is 1.80. The molecule has 1 aromatic heterocycles. The van der Waals surface area contributed by atoms with Gasteiger partial charge in [0.1, 0.15) is 6.10 Å². The molecule has 1 saturated heterocycles. The second-order valence-electron chi connectivity index (χ2n) is 5.44. The summed E-state index contributed by atoms with van der Waals surface area (Å²) in [6, 6.07) is 6.18. The number of amides is 1. The average Bonchev–Trinajstić information content (AvgIpc) is 3.07. The second kappa shape index (κ2) is 5.25. The number of imidazole rings is 1. The number of aromatic nitrogens is 2. The smallest absolute Gasteiger partial charge is 0.253 e. The predicted octanol–water partition coefficient (Wildman–Crippen LogP) is 2.73. The molecule has 1 aliphatic rings. The number of anilines is 1. The van der Waals surface area contributed by atoms with Crippen molar-refractivity contribution in [2.75, 3.05) is 11.9 Å². The van der Waals surface area contributed by atoms with E-state index in [2.05, 4.69) is 28.7 Å². The molecular formula is C15H19N3O2. The highest BCUT2D eigenvalue weighted by atomic mass is 16.5. The lowest BCUT2D eigenvalue weighted by Gasteiger charge is -2.11. The topological polar surface area (TPSA) is 56.2 Å². The molecule has 0 saturated carbocycles. The van der Waals surface area contributed by atoms with Crippen LogP contribution < -0.4 is 5.32 Å². The van der Waals surface area contributed by atoms with Crippen molar-refractivity contribution in [2.45, 2.75) is 38.8 Å². The molecule has 0 aliphatic carbocycles. The maximum Gasteiger partial charge on any atom is 0.253 e. The maximum absolute atomic E-state index is 12.0. The molecule has 0 radical (unpaired) electrons. The number of ether oxygens (including phenoxy) is 1. The average molecular weight is 273 g/mol. The Kier molecular flexibility index (Phi) is 3.44. The first-order chi connectivity index (χ1) is 9.65. The lowest BCUT2D eigenvalue weighted by Crippen LogP contribution is -2.26. The van der Waals surface area contributed by atoms with Gasteiger partial charge in [-0.2, -0.15) is 0 Å². The molecule has 1 fully saturated rings. The summed E-state index contributed by atoms with van der Waals surface area (Å²) >= 11 is 0. The molecule has 2 aromatic rings. The lowest BCUT2D eigenvalue weighted by atomic mass is 10.2. The highest BCUT2D eigenvalue weighted by Gasteiger charge is 2.23. The minimum atomic E-state index is -0.307. The van der Waals surface area contributed by atoms with Crippen LogP contribution in [0, 0.1) is 0 Å². The maximum atomic E-state index is 12.0. The Morgan fingerprint density at radius 2 is 2.35 bits per heavy atom.